The van der Waals surface area contributed by atoms with Gasteiger partial charge in [0, 0.05) is 25.2 Å². The molecule has 1 aromatic carbocycles. The molecular formula is C17H26N2O. The van der Waals surface area contributed by atoms with Gasteiger partial charge in [0.05, 0.1) is 0 Å². The van der Waals surface area contributed by atoms with E-state index in [-0.39, 0.29) is 5.91 Å². The zero-order valence-corrected chi connectivity index (χ0v) is 12.5. The molecule has 0 radical (unpaired) electrons. The van der Waals surface area contributed by atoms with Crippen LogP contribution in [0.3, 0.4) is 0 Å². The highest BCUT2D eigenvalue weighted by Crippen LogP contribution is 2.22. The van der Waals surface area contributed by atoms with Crippen molar-refractivity contribution in [3.63, 3.8) is 0 Å². The van der Waals surface area contributed by atoms with Crippen molar-refractivity contribution in [3.05, 3.63) is 35.4 Å². The molecular weight excluding hydrogens is 248 g/mol. The summed E-state index contributed by atoms with van der Waals surface area (Å²) < 4.78 is 0. The molecule has 1 atom stereocenters. The number of carbonyl (C=O) groups is 1. The van der Waals surface area contributed by atoms with Crippen molar-refractivity contribution in [3.8, 4) is 0 Å². The lowest BCUT2D eigenvalue weighted by Crippen LogP contribution is -2.32. The molecule has 1 fully saturated rings. The maximum Gasteiger partial charge on any atom is 0.253 e. The van der Waals surface area contributed by atoms with Crippen molar-refractivity contribution in [1.82, 2.24) is 4.90 Å². The Morgan fingerprint density at radius 1 is 1.25 bits per heavy atom. The Kier molecular flexibility index (Phi) is 5.60. The SMILES string of the molecule is CCCC1CCCN(C(=O)c2ccc(CN)cc2)CC1. The molecule has 1 heterocycles. The molecule has 0 saturated carbocycles. The molecule has 1 aromatic rings. The summed E-state index contributed by atoms with van der Waals surface area (Å²) in [5.41, 5.74) is 7.45. The predicted molar refractivity (Wildman–Crippen MR) is 82.5 cm³/mol. The van der Waals surface area contributed by atoms with Crippen LogP contribution in [-0.2, 0) is 6.54 Å². The average Bonchev–Trinajstić information content (AvgIpc) is 2.73. The molecule has 0 bridgehead atoms. The van der Waals surface area contributed by atoms with E-state index in [0.29, 0.717) is 6.54 Å². The van der Waals surface area contributed by atoms with Crippen LogP contribution in [0.25, 0.3) is 0 Å². The highest BCUT2D eigenvalue weighted by Gasteiger charge is 2.21. The number of hydrogen-bond acceptors (Lipinski definition) is 2. The summed E-state index contributed by atoms with van der Waals surface area (Å²) in [6.45, 7) is 4.57. The molecule has 110 valence electrons. The molecule has 3 heteroatoms. The Morgan fingerprint density at radius 2 is 2.00 bits per heavy atom. The van der Waals surface area contributed by atoms with Crippen LogP contribution in [-0.4, -0.2) is 23.9 Å². The molecule has 2 rings (SSSR count). The van der Waals surface area contributed by atoms with Gasteiger partial charge >= 0.3 is 0 Å². The summed E-state index contributed by atoms with van der Waals surface area (Å²) in [5, 5.41) is 0. The first-order valence-electron chi connectivity index (χ1n) is 7.83. The zero-order valence-electron chi connectivity index (χ0n) is 12.5. The second kappa shape index (κ2) is 7.44. The fraction of sp³-hybridized carbons (Fsp3) is 0.588. The summed E-state index contributed by atoms with van der Waals surface area (Å²) in [4.78, 5) is 14.5. The molecule has 1 aliphatic heterocycles. The quantitative estimate of drug-likeness (QED) is 0.916. The van der Waals surface area contributed by atoms with E-state index in [4.69, 9.17) is 5.73 Å². The second-order valence-corrected chi connectivity index (χ2v) is 5.78. The van der Waals surface area contributed by atoms with Crippen LogP contribution < -0.4 is 5.73 Å². The van der Waals surface area contributed by atoms with E-state index < -0.39 is 0 Å². The summed E-state index contributed by atoms with van der Waals surface area (Å²) in [5.74, 6) is 0.975. The summed E-state index contributed by atoms with van der Waals surface area (Å²) >= 11 is 0. The highest BCUT2D eigenvalue weighted by atomic mass is 16.2. The van der Waals surface area contributed by atoms with Crippen molar-refractivity contribution in [2.75, 3.05) is 13.1 Å². The Bertz CT molecular complexity index is 427. The third-order valence-electron chi connectivity index (χ3n) is 4.27. The van der Waals surface area contributed by atoms with Gasteiger partial charge in [-0.25, -0.2) is 0 Å². The van der Waals surface area contributed by atoms with Gasteiger partial charge in [-0.05, 0) is 42.9 Å². The Hall–Kier alpha value is -1.35. The van der Waals surface area contributed by atoms with Gasteiger partial charge in [0.25, 0.3) is 5.91 Å². The minimum Gasteiger partial charge on any atom is -0.339 e. The summed E-state index contributed by atoms with van der Waals surface area (Å²) in [6, 6.07) is 7.70. The molecule has 0 aliphatic carbocycles. The Morgan fingerprint density at radius 3 is 2.65 bits per heavy atom. The van der Waals surface area contributed by atoms with Gasteiger partial charge in [-0.2, -0.15) is 0 Å². The maximum absolute atomic E-state index is 12.5. The van der Waals surface area contributed by atoms with Gasteiger partial charge in [0.15, 0.2) is 0 Å². The second-order valence-electron chi connectivity index (χ2n) is 5.78. The van der Waals surface area contributed by atoms with Crippen molar-refractivity contribution in [2.24, 2.45) is 11.7 Å². The molecule has 0 aromatic heterocycles. The number of rotatable bonds is 4. The van der Waals surface area contributed by atoms with Gasteiger partial charge in [-0.15, -0.1) is 0 Å². The molecule has 2 N–H and O–H groups in total. The predicted octanol–water partition coefficient (Wildman–Crippen LogP) is 3.19. The normalized spacial score (nSPS) is 19.7. The monoisotopic (exact) mass is 274 g/mol. The first-order valence-corrected chi connectivity index (χ1v) is 7.83. The van der Waals surface area contributed by atoms with Crippen LogP contribution >= 0.6 is 0 Å². The average molecular weight is 274 g/mol. The Balaban J connectivity index is 1.97. The number of nitrogens with two attached hydrogens (primary N) is 1. The van der Waals surface area contributed by atoms with E-state index in [0.717, 1.165) is 43.0 Å². The first kappa shape index (κ1) is 15.0. The number of nitrogens with zero attached hydrogens (tertiary/aromatic N) is 1. The standard InChI is InChI=1S/C17H26N2O/c1-2-4-14-5-3-11-19(12-10-14)17(20)16-8-6-15(13-18)7-9-16/h6-9,14H,2-5,10-13,18H2,1H3. The van der Waals surface area contributed by atoms with Crippen LogP contribution in [0.15, 0.2) is 24.3 Å². The molecule has 1 aliphatic rings. The van der Waals surface area contributed by atoms with Crippen LogP contribution in [0, 0.1) is 5.92 Å². The molecule has 20 heavy (non-hydrogen) atoms. The lowest BCUT2D eigenvalue weighted by molar-refractivity contribution is 0.0760. The van der Waals surface area contributed by atoms with E-state index >= 15 is 0 Å². The van der Waals surface area contributed by atoms with Gasteiger partial charge < -0.3 is 10.6 Å². The topological polar surface area (TPSA) is 46.3 Å². The maximum atomic E-state index is 12.5. The van der Waals surface area contributed by atoms with E-state index in [9.17, 15) is 4.79 Å². The van der Waals surface area contributed by atoms with Crippen molar-refractivity contribution in [1.29, 1.82) is 0 Å². The molecule has 1 unspecified atom stereocenters. The molecule has 1 saturated heterocycles. The van der Waals surface area contributed by atoms with E-state index in [1.54, 1.807) is 0 Å². The third-order valence-corrected chi connectivity index (χ3v) is 4.27. The summed E-state index contributed by atoms with van der Waals surface area (Å²) in [7, 11) is 0. The number of hydrogen-bond donors (Lipinski definition) is 1. The number of carbonyl (C=O) groups excluding carboxylic acids is 1. The first-order chi connectivity index (χ1) is 9.74. The molecule has 1 amide bonds. The van der Waals surface area contributed by atoms with Crippen LogP contribution in [0.5, 0.6) is 0 Å². The number of benzene rings is 1. The molecule has 3 nitrogen and oxygen atoms in total. The van der Waals surface area contributed by atoms with Crippen molar-refractivity contribution < 1.29 is 4.79 Å². The Labute approximate surface area is 122 Å². The van der Waals surface area contributed by atoms with Gasteiger partial charge in [0.2, 0.25) is 0 Å². The minimum absolute atomic E-state index is 0.172. The van der Waals surface area contributed by atoms with Gasteiger partial charge in [0.1, 0.15) is 0 Å². The van der Waals surface area contributed by atoms with E-state index in [2.05, 4.69) is 6.92 Å². The molecule has 0 spiro atoms. The van der Waals surface area contributed by atoms with Crippen LogP contribution in [0.2, 0.25) is 0 Å². The van der Waals surface area contributed by atoms with E-state index in [1.165, 1.54) is 19.3 Å². The fourth-order valence-corrected chi connectivity index (χ4v) is 3.03. The zero-order chi connectivity index (χ0) is 14.4. The minimum atomic E-state index is 0.172. The lowest BCUT2D eigenvalue weighted by Gasteiger charge is -2.21. The third kappa shape index (κ3) is 3.83. The van der Waals surface area contributed by atoms with Gasteiger partial charge in [-0.3, -0.25) is 4.79 Å². The highest BCUT2D eigenvalue weighted by molar-refractivity contribution is 5.94. The van der Waals surface area contributed by atoms with Crippen molar-refractivity contribution in [2.45, 2.75) is 45.6 Å². The van der Waals surface area contributed by atoms with Crippen LogP contribution in [0.1, 0.15) is 54.9 Å². The van der Waals surface area contributed by atoms with E-state index in [1.807, 2.05) is 29.2 Å². The number of likely N-dealkylation sites (tertiary alicyclic amines) is 1. The smallest absolute Gasteiger partial charge is 0.253 e. The fourth-order valence-electron chi connectivity index (χ4n) is 3.03. The number of amides is 1. The summed E-state index contributed by atoms with van der Waals surface area (Å²) in [6.07, 6.45) is 6.11. The van der Waals surface area contributed by atoms with Gasteiger partial charge in [-0.1, -0.05) is 31.9 Å². The van der Waals surface area contributed by atoms with Crippen LogP contribution in [0.4, 0.5) is 0 Å². The largest absolute Gasteiger partial charge is 0.339 e. The van der Waals surface area contributed by atoms with Crippen molar-refractivity contribution >= 4 is 5.91 Å². The lowest BCUT2D eigenvalue weighted by atomic mass is 9.96.